The number of nitrogens with one attached hydrogen (secondary N) is 2. The third-order valence-corrected chi connectivity index (χ3v) is 3.18. The zero-order chi connectivity index (χ0) is 15.9. The number of anilines is 1. The summed E-state index contributed by atoms with van der Waals surface area (Å²) in [5, 5.41) is 15.6. The molecule has 1 atom stereocenters. The highest BCUT2D eigenvalue weighted by Gasteiger charge is 2.17. The summed E-state index contributed by atoms with van der Waals surface area (Å²) in [4.78, 5) is 19.0. The Morgan fingerprint density at radius 2 is 2.05 bits per heavy atom. The lowest BCUT2D eigenvalue weighted by molar-refractivity contribution is -0.137. The molecule has 0 aliphatic carbocycles. The Balaban J connectivity index is 2.09. The number of hydrogen-bond acceptors (Lipinski definition) is 4. The van der Waals surface area contributed by atoms with Crippen LogP contribution in [0.25, 0.3) is 0 Å². The molecule has 6 nitrogen and oxygen atoms in total. The summed E-state index contributed by atoms with van der Waals surface area (Å²) in [6.07, 6.45) is 3.01. The fourth-order valence-electron chi connectivity index (χ4n) is 1.81. The van der Waals surface area contributed by atoms with Crippen LogP contribution in [0, 0.1) is 0 Å². The first-order chi connectivity index (χ1) is 10.5. The van der Waals surface area contributed by atoms with Crippen molar-refractivity contribution in [3.8, 4) is 0 Å². The quantitative estimate of drug-likeness (QED) is 0.723. The van der Waals surface area contributed by atoms with E-state index in [1.54, 1.807) is 42.7 Å². The van der Waals surface area contributed by atoms with Gasteiger partial charge in [0.2, 0.25) is 5.95 Å². The molecule has 22 heavy (non-hydrogen) atoms. The molecular formula is C14H13ClN4O2S. The highest BCUT2D eigenvalue weighted by Crippen LogP contribution is 2.20. The van der Waals surface area contributed by atoms with E-state index in [-0.39, 0.29) is 11.5 Å². The molecule has 0 aliphatic rings. The van der Waals surface area contributed by atoms with Gasteiger partial charge in [-0.3, -0.25) is 4.79 Å². The first-order valence-corrected chi connectivity index (χ1v) is 7.15. The molecule has 0 spiro atoms. The lowest BCUT2D eigenvalue weighted by Gasteiger charge is -2.19. The van der Waals surface area contributed by atoms with E-state index >= 15 is 0 Å². The summed E-state index contributed by atoms with van der Waals surface area (Å²) in [6, 6.07) is 8.13. The van der Waals surface area contributed by atoms with Crippen LogP contribution in [-0.2, 0) is 4.79 Å². The Morgan fingerprint density at radius 3 is 2.68 bits per heavy atom. The van der Waals surface area contributed by atoms with Gasteiger partial charge in [-0.05, 0) is 36.0 Å². The number of carbonyl (C=O) groups is 1. The summed E-state index contributed by atoms with van der Waals surface area (Å²) >= 11 is 11.1. The topological polar surface area (TPSA) is 87.1 Å². The number of benzene rings is 1. The first-order valence-electron chi connectivity index (χ1n) is 6.36. The minimum absolute atomic E-state index is 0.141. The number of carboxylic acids is 1. The van der Waals surface area contributed by atoms with Crippen LogP contribution in [0.2, 0.25) is 5.02 Å². The summed E-state index contributed by atoms with van der Waals surface area (Å²) < 4.78 is 0. The third kappa shape index (κ3) is 4.94. The van der Waals surface area contributed by atoms with Gasteiger partial charge in [0.25, 0.3) is 0 Å². The second-order valence-corrected chi connectivity index (χ2v) is 5.22. The molecule has 0 saturated carbocycles. The van der Waals surface area contributed by atoms with Crippen molar-refractivity contribution in [3.63, 3.8) is 0 Å². The molecule has 1 heterocycles. The Labute approximate surface area is 137 Å². The molecule has 1 aromatic heterocycles. The average molecular weight is 337 g/mol. The molecule has 0 amide bonds. The molecule has 2 aromatic rings. The van der Waals surface area contributed by atoms with E-state index in [2.05, 4.69) is 20.6 Å². The molecule has 0 saturated heterocycles. The smallest absolute Gasteiger partial charge is 0.305 e. The van der Waals surface area contributed by atoms with Crippen LogP contribution in [0.1, 0.15) is 18.0 Å². The SMILES string of the molecule is O=C(O)C[C@@H](NC(=S)Nc1ncccn1)c1cccc(Cl)c1. The fourth-order valence-corrected chi connectivity index (χ4v) is 2.24. The second-order valence-electron chi connectivity index (χ2n) is 4.38. The Hall–Kier alpha value is -2.25. The van der Waals surface area contributed by atoms with Gasteiger partial charge in [-0.1, -0.05) is 23.7 Å². The van der Waals surface area contributed by atoms with E-state index in [1.165, 1.54) is 0 Å². The van der Waals surface area contributed by atoms with Crippen molar-refractivity contribution in [2.45, 2.75) is 12.5 Å². The van der Waals surface area contributed by atoms with Crippen molar-refractivity contribution in [1.29, 1.82) is 0 Å². The minimum Gasteiger partial charge on any atom is -0.481 e. The lowest BCUT2D eigenvalue weighted by atomic mass is 10.0. The van der Waals surface area contributed by atoms with Gasteiger partial charge in [-0.15, -0.1) is 0 Å². The first kappa shape index (κ1) is 16.1. The molecule has 1 aromatic carbocycles. The highest BCUT2D eigenvalue weighted by atomic mass is 35.5. The third-order valence-electron chi connectivity index (χ3n) is 2.73. The van der Waals surface area contributed by atoms with E-state index in [0.29, 0.717) is 11.0 Å². The summed E-state index contributed by atoms with van der Waals surface area (Å²) in [5.41, 5.74) is 0.730. The van der Waals surface area contributed by atoms with Crippen molar-refractivity contribution in [1.82, 2.24) is 15.3 Å². The molecule has 0 bridgehead atoms. The van der Waals surface area contributed by atoms with Crippen molar-refractivity contribution in [3.05, 3.63) is 53.3 Å². The maximum Gasteiger partial charge on any atom is 0.305 e. The standard InChI is InChI=1S/C14H13ClN4O2S/c15-10-4-1-3-9(7-10)11(8-12(20)21)18-14(22)19-13-16-5-2-6-17-13/h1-7,11H,8H2,(H,20,21)(H2,16,17,18,19,22)/t11-/m1/s1. The molecule has 0 radical (unpaired) electrons. The summed E-state index contributed by atoms with van der Waals surface area (Å²) in [6.45, 7) is 0. The van der Waals surface area contributed by atoms with E-state index in [9.17, 15) is 4.79 Å². The number of rotatable bonds is 5. The predicted molar refractivity (Wildman–Crippen MR) is 87.8 cm³/mol. The van der Waals surface area contributed by atoms with Gasteiger partial charge < -0.3 is 15.7 Å². The van der Waals surface area contributed by atoms with Gasteiger partial charge in [0, 0.05) is 17.4 Å². The van der Waals surface area contributed by atoms with Gasteiger partial charge in [0.1, 0.15) is 0 Å². The number of hydrogen-bond donors (Lipinski definition) is 3. The number of halogens is 1. The molecule has 8 heteroatoms. The van der Waals surface area contributed by atoms with Crippen LogP contribution < -0.4 is 10.6 Å². The molecule has 114 valence electrons. The number of carboxylic acid groups (broad SMARTS) is 1. The van der Waals surface area contributed by atoms with Gasteiger partial charge >= 0.3 is 5.97 Å². The molecular weight excluding hydrogens is 324 g/mol. The summed E-state index contributed by atoms with van der Waals surface area (Å²) in [7, 11) is 0. The monoisotopic (exact) mass is 336 g/mol. The van der Waals surface area contributed by atoms with E-state index in [0.717, 1.165) is 5.56 Å². The zero-order valence-electron chi connectivity index (χ0n) is 11.4. The van der Waals surface area contributed by atoms with Crippen LogP contribution >= 0.6 is 23.8 Å². The van der Waals surface area contributed by atoms with Crippen molar-refractivity contribution in [2.24, 2.45) is 0 Å². The average Bonchev–Trinajstić information content (AvgIpc) is 2.47. The van der Waals surface area contributed by atoms with Gasteiger partial charge in [-0.2, -0.15) is 0 Å². The summed E-state index contributed by atoms with van der Waals surface area (Å²) in [5.74, 6) is -0.614. The van der Waals surface area contributed by atoms with Gasteiger partial charge in [0.15, 0.2) is 5.11 Å². The van der Waals surface area contributed by atoms with Gasteiger partial charge in [-0.25, -0.2) is 9.97 Å². The molecule has 0 aliphatic heterocycles. The molecule has 0 unspecified atom stereocenters. The molecule has 2 rings (SSSR count). The number of aromatic nitrogens is 2. The Morgan fingerprint density at radius 1 is 1.32 bits per heavy atom. The van der Waals surface area contributed by atoms with Crippen molar-refractivity contribution >= 4 is 40.8 Å². The van der Waals surface area contributed by atoms with Crippen LogP contribution in [0.5, 0.6) is 0 Å². The van der Waals surface area contributed by atoms with Crippen molar-refractivity contribution < 1.29 is 9.90 Å². The predicted octanol–water partition coefficient (Wildman–Crippen LogP) is 2.63. The van der Waals surface area contributed by atoms with Crippen molar-refractivity contribution in [2.75, 3.05) is 5.32 Å². The Bertz CT molecular complexity index is 669. The molecule has 0 fully saturated rings. The van der Waals surface area contributed by atoms with Gasteiger partial charge in [0.05, 0.1) is 12.5 Å². The van der Waals surface area contributed by atoms with E-state index in [1.807, 2.05) is 0 Å². The van der Waals surface area contributed by atoms with E-state index in [4.69, 9.17) is 28.9 Å². The largest absolute Gasteiger partial charge is 0.481 e. The fraction of sp³-hybridized carbons (Fsp3) is 0.143. The van der Waals surface area contributed by atoms with Crippen LogP contribution in [0.3, 0.4) is 0 Å². The number of nitrogens with zero attached hydrogens (tertiary/aromatic N) is 2. The zero-order valence-corrected chi connectivity index (χ0v) is 12.9. The lowest BCUT2D eigenvalue weighted by Crippen LogP contribution is -2.34. The van der Waals surface area contributed by atoms with Crippen LogP contribution in [0.15, 0.2) is 42.7 Å². The second kappa shape index (κ2) is 7.67. The number of aliphatic carboxylic acids is 1. The Kier molecular flexibility index (Phi) is 5.62. The maximum absolute atomic E-state index is 11.0. The van der Waals surface area contributed by atoms with Crippen LogP contribution in [0.4, 0.5) is 5.95 Å². The van der Waals surface area contributed by atoms with E-state index < -0.39 is 12.0 Å². The highest BCUT2D eigenvalue weighted by molar-refractivity contribution is 7.80. The maximum atomic E-state index is 11.0. The van der Waals surface area contributed by atoms with Crippen LogP contribution in [-0.4, -0.2) is 26.2 Å². The minimum atomic E-state index is -0.948. The molecule has 3 N–H and O–H groups in total. The normalized spacial score (nSPS) is 11.5. The number of thiocarbonyl (C=S) groups is 1.